The van der Waals surface area contributed by atoms with E-state index in [1.54, 1.807) is 0 Å². The predicted molar refractivity (Wildman–Crippen MR) is 97.5 cm³/mol. The molecule has 0 nitrogen and oxygen atoms in total. The number of halogens is 2. The molecule has 102 valence electrons. The minimum absolute atomic E-state index is 0.773. The van der Waals surface area contributed by atoms with Crippen molar-refractivity contribution in [2.24, 2.45) is 0 Å². The van der Waals surface area contributed by atoms with Gasteiger partial charge in [-0.05, 0) is 18.2 Å². The topological polar surface area (TPSA) is 0 Å². The van der Waals surface area contributed by atoms with Gasteiger partial charge >= 0.3 is 0 Å². The molecular weight excluding hydrogens is 364 g/mol. The van der Waals surface area contributed by atoms with Crippen LogP contribution in [0.5, 0.6) is 0 Å². The monoisotopic (exact) mass is 372 g/mol. The third-order valence-electron chi connectivity index (χ3n) is 3.64. The highest BCUT2D eigenvalue weighted by Gasteiger charge is 2.14. The molecule has 4 aromatic rings. The SMILES string of the molecule is Clc1cccc(Br)c1-c1cccc2c1sc1ccccc12. The number of rotatable bonds is 1. The van der Waals surface area contributed by atoms with Crippen molar-refractivity contribution < 1.29 is 0 Å². The van der Waals surface area contributed by atoms with Gasteiger partial charge in [-0.25, -0.2) is 0 Å². The van der Waals surface area contributed by atoms with E-state index in [1.807, 2.05) is 29.5 Å². The van der Waals surface area contributed by atoms with E-state index in [1.165, 1.54) is 25.7 Å². The lowest BCUT2D eigenvalue weighted by atomic mass is 10.0. The van der Waals surface area contributed by atoms with E-state index in [0.29, 0.717) is 0 Å². The van der Waals surface area contributed by atoms with Gasteiger partial charge in [-0.15, -0.1) is 11.3 Å². The van der Waals surface area contributed by atoms with E-state index in [9.17, 15) is 0 Å². The summed E-state index contributed by atoms with van der Waals surface area (Å²) >= 11 is 11.9. The average Bonchev–Trinajstić information content (AvgIpc) is 2.87. The van der Waals surface area contributed by atoms with E-state index in [2.05, 4.69) is 58.4 Å². The Morgan fingerprint density at radius 2 is 1.57 bits per heavy atom. The van der Waals surface area contributed by atoms with Crippen LogP contribution in [0.15, 0.2) is 65.1 Å². The van der Waals surface area contributed by atoms with Crippen molar-refractivity contribution in [1.82, 2.24) is 0 Å². The van der Waals surface area contributed by atoms with Crippen LogP contribution in [0, 0.1) is 0 Å². The molecule has 0 aliphatic heterocycles. The molecule has 0 N–H and O–H groups in total. The van der Waals surface area contributed by atoms with Crippen LogP contribution in [0.2, 0.25) is 5.02 Å². The van der Waals surface area contributed by atoms with Crippen molar-refractivity contribution in [1.29, 1.82) is 0 Å². The van der Waals surface area contributed by atoms with E-state index in [0.717, 1.165) is 15.1 Å². The molecule has 0 atom stereocenters. The summed E-state index contributed by atoms with van der Waals surface area (Å²) in [5.41, 5.74) is 2.25. The Morgan fingerprint density at radius 1 is 0.810 bits per heavy atom. The van der Waals surface area contributed by atoms with E-state index in [4.69, 9.17) is 11.6 Å². The van der Waals surface area contributed by atoms with Crippen LogP contribution in [-0.2, 0) is 0 Å². The molecule has 1 aromatic heterocycles. The average molecular weight is 374 g/mol. The molecule has 21 heavy (non-hydrogen) atoms. The first kappa shape index (κ1) is 13.3. The van der Waals surface area contributed by atoms with Gasteiger partial charge in [0.25, 0.3) is 0 Å². The van der Waals surface area contributed by atoms with Gasteiger partial charge in [-0.3, -0.25) is 0 Å². The van der Waals surface area contributed by atoms with Crippen molar-refractivity contribution in [3.63, 3.8) is 0 Å². The summed E-state index contributed by atoms with van der Waals surface area (Å²) in [5.74, 6) is 0. The lowest BCUT2D eigenvalue weighted by Crippen LogP contribution is -1.82. The molecule has 0 amide bonds. The van der Waals surface area contributed by atoms with Crippen LogP contribution in [0.25, 0.3) is 31.3 Å². The first-order valence-corrected chi connectivity index (χ1v) is 8.59. The standard InChI is InChI=1S/C18H10BrClS/c19-14-8-4-9-15(20)17(14)13-7-3-6-12-11-5-1-2-10-16(11)21-18(12)13/h1-10H. The fraction of sp³-hybridized carbons (Fsp3) is 0. The van der Waals surface area contributed by atoms with Crippen molar-refractivity contribution in [3.05, 3.63) is 70.2 Å². The molecule has 3 aromatic carbocycles. The Bertz CT molecular complexity index is 951. The van der Waals surface area contributed by atoms with Gasteiger partial charge in [0.05, 0.1) is 0 Å². The highest BCUT2D eigenvalue weighted by atomic mass is 79.9. The molecule has 0 unspecified atom stereocenters. The highest BCUT2D eigenvalue weighted by molar-refractivity contribution is 9.10. The maximum Gasteiger partial charge on any atom is 0.0496 e. The Kier molecular flexibility index (Phi) is 3.26. The minimum Gasteiger partial charge on any atom is -0.135 e. The molecule has 0 spiro atoms. The number of hydrogen-bond donors (Lipinski definition) is 0. The van der Waals surface area contributed by atoms with Crippen LogP contribution in [-0.4, -0.2) is 0 Å². The zero-order valence-electron chi connectivity index (χ0n) is 10.9. The Balaban J connectivity index is 2.15. The normalized spacial score (nSPS) is 11.3. The summed E-state index contributed by atoms with van der Waals surface area (Å²) in [6, 6.07) is 20.9. The zero-order chi connectivity index (χ0) is 14.4. The van der Waals surface area contributed by atoms with Crippen LogP contribution in [0.4, 0.5) is 0 Å². The summed E-state index contributed by atoms with van der Waals surface area (Å²) in [6.07, 6.45) is 0. The molecular formula is C18H10BrClS. The van der Waals surface area contributed by atoms with Crippen molar-refractivity contribution in [3.8, 4) is 11.1 Å². The largest absolute Gasteiger partial charge is 0.135 e. The third kappa shape index (κ3) is 2.10. The Labute approximate surface area is 140 Å². The second kappa shape index (κ2) is 5.13. The van der Waals surface area contributed by atoms with E-state index >= 15 is 0 Å². The first-order chi connectivity index (χ1) is 10.3. The molecule has 0 saturated carbocycles. The second-order valence-corrected chi connectivity index (χ2v) is 7.19. The highest BCUT2D eigenvalue weighted by Crippen LogP contribution is 2.43. The van der Waals surface area contributed by atoms with Gasteiger partial charge in [0.15, 0.2) is 0 Å². The Morgan fingerprint density at radius 3 is 2.43 bits per heavy atom. The molecule has 0 radical (unpaired) electrons. The van der Waals surface area contributed by atoms with Crippen LogP contribution < -0.4 is 0 Å². The molecule has 0 aliphatic rings. The molecule has 0 saturated heterocycles. The molecule has 1 heterocycles. The van der Waals surface area contributed by atoms with Gasteiger partial charge in [0.2, 0.25) is 0 Å². The maximum absolute atomic E-state index is 6.44. The smallest absolute Gasteiger partial charge is 0.0496 e. The molecule has 0 fully saturated rings. The maximum atomic E-state index is 6.44. The van der Waals surface area contributed by atoms with Crippen molar-refractivity contribution >= 4 is 59.0 Å². The number of fused-ring (bicyclic) bond motifs is 3. The van der Waals surface area contributed by atoms with Crippen LogP contribution >= 0.6 is 38.9 Å². The zero-order valence-corrected chi connectivity index (χ0v) is 14.1. The summed E-state index contributed by atoms with van der Waals surface area (Å²) in [6.45, 7) is 0. The molecule has 3 heteroatoms. The van der Waals surface area contributed by atoms with Gasteiger partial charge in [0.1, 0.15) is 0 Å². The number of benzene rings is 3. The van der Waals surface area contributed by atoms with E-state index in [-0.39, 0.29) is 0 Å². The Hall–Kier alpha value is -1.35. The summed E-state index contributed by atoms with van der Waals surface area (Å²) in [4.78, 5) is 0. The lowest BCUT2D eigenvalue weighted by Gasteiger charge is -2.08. The molecule has 4 rings (SSSR count). The van der Waals surface area contributed by atoms with E-state index < -0.39 is 0 Å². The van der Waals surface area contributed by atoms with Gasteiger partial charge in [-0.1, -0.05) is 70.0 Å². The summed E-state index contributed by atoms with van der Waals surface area (Å²) in [7, 11) is 0. The third-order valence-corrected chi connectivity index (χ3v) is 5.83. The summed E-state index contributed by atoms with van der Waals surface area (Å²) < 4.78 is 3.62. The number of thiophene rings is 1. The first-order valence-electron chi connectivity index (χ1n) is 6.60. The summed E-state index contributed by atoms with van der Waals surface area (Å²) in [5, 5.41) is 3.37. The molecule has 0 bridgehead atoms. The lowest BCUT2D eigenvalue weighted by molar-refractivity contribution is 1.62. The number of hydrogen-bond acceptors (Lipinski definition) is 1. The van der Waals surface area contributed by atoms with Crippen molar-refractivity contribution in [2.45, 2.75) is 0 Å². The minimum atomic E-state index is 0.773. The van der Waals surface area contributed by atoms with Crippen LogP contribution in [0.3, 0.4) is 0 Å². The second-order valence-electron chi connectivity index (χ2n) is 4.88. The quantitative estimate of drug-likeness (QED) is 0.332. The predicted octanol–water partition coefficient (Wildman–Crippen LogP) is 7.14. The van der Waals surface area contributed by atoms with Crippen LogP contribution in [0.1, 0.15) is 0 Å². The van der Waals surface area contributed by atoms with Gasteiger partial charge in [0, 0.05) is 40.8 Å². The van der Waals surface area contributed by atoms with Crippen molar-refractivity contribution in [2.75, 3.05) is 0 Å². The fourth-order valence-electron chi connectivity index (χ4n) is 2.70. The van der Waals surface area contributed by atoms with Gasteiger partial charge in [-0.2, -0.15) is 0 Å². The van der Waals surface area contributed by atoms with Gasteiger partial charge < -0.3 is 0 Å². The fourth-order valence-corrected chi connectivity index (χ4v) is 4.89. The molecule has 0 aliphatic carbocycles.